The number of carboxylic acids is 1. The molecule has 0 bridgehead atoms. The minimum Gasteiger partial charge on any atom is -0.478 e. The minimum atomic E-state index is -0.931. The molecule has 70 valence electrons. The predicted octanol–water partition coefficient (Wildman–Crippen LogP) is 1.70. The number of rotatable bonds is 1. The van der Waals surface area contributed by atoms with Crippen LogP contribution in [-0.4, -0.2) is 17.3 Å². The number of aliphatic imine (C=N–C) groups is 1. The van der Waals surface area contributed by atoms with Crippen LogP contribution in [0, 0.1) is 0 Å². The van der Waals surface area contributed by atoms with Gasteiger partial charge in [0.05, 0.1) is 5.56 Å². The Bertz CT molecular complexity index is 436. The van der Waals surface area contributed by atoms with Gasteiger partial charge in [-0.25, -0.2) is 4.79 Å². The van der Waals surface area contributed by atoms with Gasteiger partial charge in [-0.15, -0.1) is 0 Å². The number of anilines is 1. The molecular formula is C10H8N2O2. The number of nitrogens with one attached hydrogen (secondary N) is 1. The van der Waals surface area contributed by atoms with Crippen LogP contribution in [0.1, 0.15) is 15.9 Å². The molecule has 4 nitrogen and oxygen atoms in total. The Morgan fingerprint density at radius 1 is 1.43 bits per heavy atom. The zero-order chi connectivity index (χ0) is 9.97. The second kappa shape index (κ2) is 3.33. The molecule has 0 atom stereocenters. The van der Waals surface area contributed by atoms with E-state index in [1.807, 2.05) is 0 Å². The summed E-state index contributed by atoms with van der Waals surface area (Å²) in [5, 5.41) is 11.7. The highest BCUT2D eigenvalue weighted by Crippen LogP contribution is 2.17. The number of fused-ring (bicyclic) bond motifs is 1. The van der Waals surface area contributed by atoms with Crippen molar-refractivity contribution >= 4 is 17.9 Å². The highest BCUT2D eigenvalue weighted by atomic mass is 16.4. The lowest BCUT2D eigenvalue weighted by Gasteiger charge is -2.04. The molecular weight excluding hydrogens is 180 g/mol. The molecule has 2 N–H and O–H groups in total. The summed E-state index contributed by atoms with van der Waals surface area (Å²) in [7, 11) is 0. The van der Waals surface area contributed by atoms with Crippen LogP contribution < -0.4 is 5.32 Å². The third kappa shape index (κ3) is 1.50. The Balaban J connectivity index is 2.49. The lowest BCUT2D eigenvalue weighted by atomic mass is 10.1. The van der Waals surface area contributed by atoms with E-state index in [2.05, 4.69) is 10.3 Å². The lowest BCUT2D eigenvalue weighted by molar-refractivity contribution is 0.0697. The van der Waals surface area contributed by atoms with Crippen molar-refractivity contribution in [2.75, 3.05) is 5.32 Å². The number of aromatic carboxylic acids is 1. The molecule has 14 heavy (non-hydrogen) atoms. The molecule has 0 fully saturated rings. The zero-order valence-corrected chi connectivity index (χ0v) is 7.27. The van der Waals surface area contributed by atoms with Gasteiger partial charge in [-0.1, -0.05) is 6.07 Å². The lowest BCUT2D eigenvalue weighted by Crippen LogP contribution is -1.99. The van der Waals surface area contributed by atoms with Crippen molar-refractivity contribution in [1.29, 1.82) is 0 Å². The van der Waals surface area contributed by atoms with Crippen LogP contribution in [0.4, 0.5) is 5.69 Å². The van der Waals surface area contributed by atoms with Crippen molar-refractivity contribution in [1.82, 2.24) is 0 Å². The van der Waals surface area contributed by atoms with Crippen molar-refractivity contribution < 1.29 is 9.90 Å². The largest absolute Gasteiger partial charge is 0.478 e. The van der Waals surface area contributed by atoms with Crippen LogP contribution in [-0.2, 0) is 0 Å². The van der Waals surface area contributed by atoms with Crippen molar-refractivity contribution in [3.8, 4) is 0 Å². The smallest absolute Gasteiger partial charge is 0.335 e. The number of carboxylic acid groups (broad SMARTS) is 1. The van der Waals surface area contributed by atoms with Crippen molar-refractivity contribution in [2.45, 2.75) is 0 Å². The number of carbonyl (C=O) groups is 1. The Labute approximate surface area is 80.6 Å². The fraction of sp³-hybridized carbons (Fsp3) is 0. The molecule has 0 saturated carbocycles. The van der Waals surface area contributed by atoms with E-state index in [0.29, 0.717) is 0 Å². The van der Waals surface area contributed by atoms with Gasteiger partial charge in [-0.3, -0.25) is 4.99 Å². The van der Waals surface area contributed by atoms with Crippen molar-refractivity contribution in [3.63, 3.8) is 0 Å². The first-order valence-electron chi connectivity index (χ1n) is 4.09. The number of nitrogens with zero attached hydrogens (tertiary/aromatic N) is 1. The van der Waals surface area contributed by atoms with E-state index in [-0.39, 0.29) is 5.56 Å². The Morgan fingerprint density at radius 2 is 2.29 bits per heavy atom. The summed E-state index contributed by atoms with van der Waals surface area (Å²) >= 11 is 0. The Morgan fingerprint density at radius 3 is 3.07 bits per heavy atom. The molecule has 0 amide bonds. The summed E-state index contributed by atoms with van der Waals surface area (Å²) in [5.41, 5.74) is 1.89. The fourth-order valence-electron chi connectivity index (χ4n) is 1.22. The molecule has 0 saturated heterocycles. The van der Waals surface area contributed by atoms with E-state index in [9.17, 15) is 4.79 Å². The first-order chi connectivity index (χ1) is 6.77. The highest BCUT2D eigenvalue weighted by molar-refractivity contribution is 5.94. The highest BCUT2D eigenvalue weighted by Gasteiger charge is 2.06. The molecule has 0 aliphatic carbocycles. The Kier molecular flexibility index (Phi) is 2.02. The average Bonchev–Trinajstić information content (AvgIpc) is 2.41. The van der Waals surface area contributed by atoms with E-state index in [1.54, 1.807) is 36.8 Å². The topological polar surface area (TPSA) is 61.7 Å². The SMILES string of the molecule is O=C(O)c1ccc2c(c1)NC=CN=C2. The van der Waals surface area contributed by atoms with Gasteiger partial charge in [0.2, 0.25) is 0 Å². The molecule has 0 radical (unpaired) electrons. The van der Waals surface area contributed by atoms with Gasteiger partial charge < -0.3 is 10.4 Å². The molecule has 0 spiro atoms. The van der Waals surface area contributed by atoms with Crippen LogP contribution in [0.15, 0.2) is 35.6 Å². The zero-order valence-electron chi connectivity index (χ0n) is 7.27. The second-order valence-corrected chi connectivity index (χ2v) is 2.85. The quantitative estimate of drug-likeness (QED) is 0.705. The van der Waals surface area contributed by atoms with Gasteiger partial charge in [0, 0.05) is 29.9 Å². The van der Waals surface area contributed by atoms with E-state index < -0.39 is 5.97 Å². The molecule has 1 aromatic carbocycles. The van der Waals surface area contributed by atoms with E-state index in [4.69, 9.17) is 5.11 Å². The molecule has 4 heteroatoms. The van der Waals surface area contributed by atoms with Crippen molar-refractivity contribution in [3.05, 3.63) is 41.7 Å². The van der Waals surface area contributed by atoms with Crippen LogP contribution in [0.3, 0.4) is 0 Å². The maximum Gasteiger partial charge on any atom is 0.335 e. The molecule has 2 rings (SSSR count). The summed E-state index contributed by atoms with van der Waals surface area (Å²) in [6.45, 7) is 0. The van der Waals surface area contributed by atoms with Crippen LogP contribution >= 0.6 is 0 Å². The van der Waals surface area contributed by atoms with Gasteiger partial charge in [0.15, 0.2) is 0 Å². The minimum absolute atomic E-state index is 0.264. The first-order valence-corrected chi connectivity index (χ1v) is 4.09. The number of hydrogen-bond donors (Lipinski definition) is 2. The number of benzene rings is 1. The van der Waals surface area contributed by atoms with Crippen LogP contribution in [0.25, 0.3) is 0 Å². The molecule has 1 aliphatic rings. The van der Waals surface area contributed by atoms with Gasteiger partial charge in [0.1, 0.15) is 0 Å². The van der Waals surface area contributed by atoms with E-state index in [0.717, 1.165) is 11.3 Å². The maximum absolute atomic E-state index is 10.7. The summed E-state index contributed by atoms with van der Waals surface area (Å²) in [4.78, 5) is 14.7. The summed E-state index contributed by atoms with van der Waals surface area (Å²) in [6.07, 6.45) is 4.95. The predicted molar refractivity (Wildman–Crippen MR) is 53.8 cm³/mol. The van der Waals surface area contributed by atoms with Crippen LogP contribution in [0.5, 0.6) is 0 Å². The third-order valence-corrected chi connectivity index (χ3v) is 1.91. The van der Waals surface area contributed by atoms with Crippen molar-refractivity contribution in [2.24, 2.45) is 4.99 Å². The van der Waals surface area contributed by atoms with Gasteiger partial charge >= 0.3 is 5.97 Å². The second-order valence-electron chi connectivity index (χ2n) is 2.85. The maximum atomic E-state index is 10.7. The summed E-state index contributed by atoms with van der Waals surface area (Å²) < 4.78 is 0. The van der Waals surface area contributed by atoms with E-state index >= 15 is 0 Å². The first kappa shape index (κ1) is 8.50. The summed E-state index contributed by atoms with van der Waals surface area (Å²) in [5.74, 6) is -0.931. The summed E-state index contributed by atoms with van der Waals surface area (Å²) in [6, 6.07) is 4.86. The standard InChI is InChI=1S/C10H8N2O2/c13-10(14)7-1-2-8-6-11-3-4-12-9(8)5-7/h1-6,12H,(H,13,14). The molecule has 0 aromatic heterocycles. The molecule has 1 heterocycles. The third-order valence-electron chi connectivity index (χ3n) is 1.91. The van der Waals surface area contributed by atoms with E-state index in [1.165, 1.54) is 0 Å². The number of hydrogen-bond acceptors (Lipinski definition) is 3. The average molecular weight is 188 g/mol. The molecule has 1 aliphatic heterocycles. The fourth-order valence-corrected chi connectivity index (χ4v) is 1.22. The van der Waals surface area contributed by atoms with Crippen LogP contribution in [0.2, 0.25) is 0 Å². The Hall–Kier alpha value is -2.10. The van der Waals surface area contributed by atoms with Gasteiger partial charge in [0.25, 0.3) is 0 Å². The monoisotopic (exact) mass is 188 g/mol. The van der Waals surface area contributed by atoms with Gasteiger partial charge in [-0.05, 0) is 12.1 Å². The molecule has 1 aromatic rings. The normalized spacial score (nSPS) is 12.9. The molecule has 0 unspecified atom stereocenters. The van der Waals surface area contributed by atoms with Gasteiger partial charge in [-0.2, -0.15) is 0 Å².